The van der Waals surface area contributed by atoms with E-state index in [-0.39, 0.29) is 11.8 Å². The molecule has 0 aliphatic carbocycles. The maximum absolute atomic E-state index is 13.6. The number of imide groups is 1. The van der Waals surface area contributed by atoms with Crippen molar-refractivity contribution in [1.82, 2.24) is 20.1 Å². The number of urea groups is 1. The van der Waals surface area contributed by atoms with Gasteiger partial charge in [0.15, 0.2) is 5.54 Å². The highest BCUT2D eigenvalue weighted by Gasteiger charge is 2.60. The monoisotopic (exact) mass is 426 g/mol. The Morgan fingerprint density at radius 1 is 1.29 bits per heavy atom. The maximum Gasteiger partial charge on any atom is 0.328 e. The highest BCUT2D eigenvalue weighted by Crippen LogP contribution is 2.45. The van der Waals surface area contributed by atoms with Gasteiger partial charge in [-0.3, -0.25) is 9.59 Å². The lowest BCUT2D eigenvalue weighted by Crippen LogP contribution is -2.50. The van der Waals surface area contributed by atoms with Gasteiger partial charge in [0.1, 0.15) is 11.8 Å². The topological polar surface area (TPSA) is 94.7 Å². The third kappa shape index (κ3) is 3.16. The summed E-state index contributed by atoms with van der Waals surface area (Å²) in [5.74, 6) is 0.512. The number of nitrogens with zero attached hydrogens (tertiary/aromatic N) is 2. The first kappa shape index (κ1) is 21.2. The van der Waals surface area contributed by atoms with Crippen LogP contribution in [0.3, 0.4) is 0 Å². The molecule has 4 amide bonds. The molecule has 2 N–H and O–H groups in total. The van der Waals surface area contributed by atoms with Crippen molar-refractivity contribution >= 4 is 28.7 Å². The van der Waals surface area contributed by atoms with Gasteiger partial charge in [0.25, 0.3) is 5.91 Å². The standard InChI is InChI=1S/C23H30N4O4/c1-13(2)8-10-24-20(28)14(3)27-21(29)23(4)19-16(9-11-26(23)22(27)30)17-12-15(31-5)6-7-18(17)25-19/h6-7,12-14,25H,8-11H2,1-5H3,(H,24,28)/t14-,23-/m0/s1. The van der Waals surface area contributed by atoms with Crippen LogP contribution in [0.15, 0.2) is 18.2 Å². The second-order valence-electron chi connectivity index (χ2n) is 8.97. The van der Waals surface area contributed by atoms with Crippen LogP contribution in [0.5, 0.6) is 5.75 Å². The Balaban J connectivity index is 1.67. The largest absolute Gasteiger partial charge is 0.497 e. The van der Waals surface area contributed by atoms with Crippen LogP contribution >= 0.6 is 0 Å². The molecular weight excluding hydrogens is 396 g/mol. The van der Waals surface area contributed by atoms with Crippen LogP contribution in [0.25, 0.3) is 10.9 Å². The summed E-state index contributed by atoms with van der Waals surface area (Å²) in [6.07, 6.45) is 1.46. The summed E-state index contributed by atoms with van der Waals surface area (Å²) >= 11 is 0. The number of hydrogen-bond donors (Lipinski definition) is 2. The Bertz CT molecular complexity index is 1060. The molecule has 0 radical (unpaired) electrons. The summed E-state index contributed by atoms with van der Waals surface area (Å²) < 4.78 is 5.36. The van der Waals surface area contributed by atoms with E-state index in [1.54, 1.807) is 25.9 Å². The Morgan fingerprint density at radius 2 is 2.03 bits per heavy atom. The van der Waals surface area contributed by atoms with Gasteiger partial charge in [0, 0.05) is 24.0 Å². The lowest BCUT2D eigenvalue weighted by molar-refractivity contribution is -0.139. The molecule has 1 aromatic carbocycles. The van der Waals surface area contributed by atoms with Gasteiger partial charge in [0.05, 0.1) is 12.8 Å². The van der Waals surface area contributed by atoms with Gasteiger partial charge in [-0.1, -0.05) is 13.8 Å². The minimum Gasteiger partial charge on any atom is -0.497 e. The van der Waals surface area contributed by atoms with E-state index in [1.807, 2.05) is 18.2 Å². The van der Waals surface area contributed by atoms with E-state index in [0.717, 1.165) is 39.2 Å². The first-order chi connectivity index (χ1) is 14.7. The second-order valence-corrected chi connectivity index (χ2v) is 8.97. The highest BCUT2D eigenvalue weighted by molar-refractivity contribution is 6.11. The van der Waals surface area contributed by atoms with E-state index >= 15 is 0 Å². The minimum absolute atomic E-state index is 0.313. The predicted molar refractivity (Wildman–Crippen MR) is 117 cm³/mol. The van der Waals surface area contributed by atoms with Crippen LogP contribution in [-0.2, 0) is 21.5 Å². The summed E-state index contributed by atoms with van der Waals surface area (Å²) in [5.41, 5.74) is 1.47. The van der Waals surface area contributed by atoms with E-state index in [1.165, 1.54) is 0 Å². The fourth-order valence-electron chi connectivity index (χ4n) is 4.66. The summed E-state index contributed by atoms with van der Waals surface area (Å²) in [7, 11) is 1.62. The van der Waals surface area contributed by atoms with E-state index < -0.39 is 17.6 Å². The molecular formula is C23H30N4O4. The van der Waals surface area contributed by atoms with Gasteiger partial charge < -0.3 is 19.9 Å². The van der Waals surface area contributed by atoms with E-state index in [4.69, 9.17) is 4.74 Å². The third-order valence-corrected chi connectivity index (χ3v) is 6.59. The van der Waals surface area contributed by atoms with Crippen molar-refractivity contribution in [2.24, 2.45) is 5.92 Å². The number of benzene rings is 1. The number of aromatic amines is 1. The summed E-state index contributed by atoms with van der Waals surface area (Å²) in [5, 5.41) is 3.85. The van der Waals surface area contributed by atoms with E-state index in [0.29, 0.717) is 25.4 Å². The molecule has 8 heteroatoms. The highest BCUT2D eigenvalue weighted by atomic mass is 16.5. The number of rotatable bonds is 6. The zero-order valence-electron chi connectivity index (χ0n) is 18.7. The molecule has 1 fully saturated rings. The molecule has 0 unspecified atom stereocenters. The average molecular weight is 427 g/mol. The van der Waals surface area contributed by atoms with Gasteiger partial charge >= 0.3 is 6.03 Å². The molecule has 4 rings (SSSR count). The zero-order chi connectivity index (χ0) is 22.5. The molecule has 2 aliphatic rings. The minimum atomic E-state index is -1.16. The molecule has 3 heterocycles. The molecule has 31 heavy (non-hydrogen) atoms. The third-order valence-electron chi connectivity index (χ3n) is 6.59. The van der Waals surface area contributed by atoms with Gasteiger partial charge in [-0.05, 0) is 56.4 Å². The van der Waals surface area contributed by atoms with Crippen molar-refractivity contribution in [2.45, 2.75) is 52.1 Å². The van der Waals surface area contributed by atoms with Crippen molar-refractivity contribution in [3.63, 3.8) is 0 Å². The molecule has 1 aromatic heterocycles. The van der Waals surface area contributed by atoms with Crippen molar-refractivity contribution in [3.8, 4) is 5.75 Å². The normalized spacial score (nSPS) is 21.5. The Morgan fingerprint density at radius 3 is 2.71 bits per heavy atom. The first-order valence-electron chi connectivity index (χ1n) is 10.8. The van der Waals surface area contributed by atoms with Gasteiger partial charge in [-0.15, -0.1) is 0 Å². The smallest absolute Gasteiger partial charge is 0.328 e. The number of hydrogen-bond acceptors (Lipinski definition) is 4. The lowest BCUT2D eigenvalue weighted by atomic mass is 9.87. The maximum atomic E-state index is 13.6. The predicted octanol–water partition coefficient (Wildman–Crippen LogP) is 2.76. The Kier molecular flexibility index (Phi) is 5.19. The molecule has 0 spiro atoms. The second kappa shape index (κ2) is 7.59. The van der Waals surface area contributed by atoms with Gasteiger partial charge in [0.2, 0.25) is 5.91 Å². The van der Waals surface area contributed by atoms with E-state index in [2.05, 4.69) is 24.1 Å². The van der Waals surface area contributed by atoms with E-state index in [9.17, 15) is 14.4 Å². The summed E-state index contributed by atoms with van der Waals surface area (Å²) in [4.78, 5) is 45.6. The molecule has 1 saturated heterocycles. The van der Waals surface area contributed by atoms with Crippen molar-refractivity contribution in [3.05, 3.63) is 29.5 Å². The molecule has 0 saturated carbocycles. The number of methoxy groups -OCH3 is 1. The molecule has 0 bridgehead atoms. The van der Waals surface area contributed by atoms with Gasteiger partial charge in [-0.2, -0.15) is 0 Å². The first-order valence-corrected chi connectivity index (χ1v) is 10.8. The number of H-pyrrole nitrogens is 1. The SMILES string of the molecule is COc1ccc2[nH]c3c(c2c1)CCN1C(=O)N([C@@H](C)C(=O)NCCC(C)C)C(=O)[C@]31C. The van der Waals surface area contributed by atoms with Crippen molar-refractivity contribution in [2.75, 3.05) is 20.2 Å². The molecule has 8 nitrogen and oxygen atoms in total. The quantitative estimate of drug-likeness (QED) is 0.695. The van der Waals surface area contributed by atoms with Crippen LogP contribution in [0.1, 0.15) is 45.4 Å². The van der Waals surface area contributed by atoms with Crippen LogP contribution in [0, 0.1) is 5.92 Å². The number of carbonyl (C=O) groups excluding carboxylic acids is 3. The van der Waals surface area contributed by atoms with Crippen LogP contribution < -0.4 is 10.1 Å². The van der Waals surface area contributed by atoms with Crippen LogP contribution in [0.2, 0.25) is 0 Å². The van der Waals surface area contributed by atoms with Gasteiger partial charge in [-0.25, -0.2) is 9.69 Å². The number of ether oxygens (including phenoxy) is 1. The summed E-state index contributed by atoms with van der Waals surface area (Å²) in [6.45, 7) is 8.47. The number of carbonyl (C=O) groups is 3. The Labute approximate surface area is 181 Å². The number of amides is 4. The van der Waals surface area contributed by atoms with Crippen molar-refractivity contribution in [1.29, 1.82) is 0 Å². The van der Waals surface area contributed by atoms with Crippen LogP contribution in [0.4, 0.5) is 4.79 Å². The Hall–Kier alpha value is -3.03. The fourth-order valence-corrected chi connectivity index (χ4v) is 4.66. The number of fused-ring (bicyclic) bond motifs is 5. The number of aromatic nitrogens is 1. The molecule has 166 valence electrons. The average Bonchev–Trinajstić information content (AvgIpc) is 3.20. The lowest BCUT2D eigenvalue weighted by Gasteiger charge is -2.36. The molecule has 2 aliphatic heterocycles. The van der Waals surface area contributed by atoms with Crippen LogP contribution in [-0.4, -0.2) is 58.9 Å². The van der Waals surface area contributed by atoms with Crippen molar-refractivity contribution < 1.29 is 19.1 Å². The zero-order valence-corrected chi connectivity index (χ0v) is 18.7. The summed E-state index contributed by atoms with van der Waals surface area (Å²) in [6, 6.07) is 4.45. The fraction of sp³-hybridized carbons (Fsp3) is 0.522. The number of nitrogens with one attached hydrogen (secondary N) is 2. The molecule has 2 atom stereocenters. The molecule has 2 aromatic rings.